The van der Waals surface area contributed by atoms with Crippen LogP contribution in [0.25, 0.3) is 0 Å². The van der Waals surface area contributed by atoms with Crippen molar-refractivity contribution in [2.75, 3.05) is 19.1 Å². The first-order chi connectivity index (χ1) is 23.3. The number of rotatable bonds is 13. The van der Waals surface area contributed by atoms with E-state index in [4.69, 9.17) is 45.5 Å². The van der Waals surface area contributed by atoms with Gasteiger partial charge in [-0.3, -0.25) is 9.59 Å². The Balaban J connectivity index is 0.000000660. The van der Waals surface area contributed by atoms with E-state index in [1.165, 1.54) is 50.2 Å². The molecule has 0 bridgehead atoms. The van der Waals surface area contributed by atoms with Crippen molar-refractivity contribution in [3.05, 3.63) is 88.7 Å². The van der Waals surface area contributed by atoms with Crippen LogP contribution in [-0.4, -0.2) is 40.9 Å². The Bertz CT molecular complexity index is 1590. The fraction of sp³-hybridized carbons (Fsp3) is 0.333. The Morgan fingerprint density at radius 1 is 0.735 bits per heavy atom. The Hall–Kier alpha value is -4.88. The number of unbranched alkanes of at least 4 members (excludes halogenated alkanes) is 3. The number of aromatic hydroxyl groups is 1. The molecule has 3 aromatic rings. The van der Waals surface area contributed by atoms with Crippen molar-refractivity contribution in [3.63, 3.8) is 0 Å². The fourth-order valence-corrected chi connectivity index (χ4v) is 3.69. The second kappa shape index (κ2) is 26.1. The average Bonchev–Trinajstić information content (AvgIpc) is 3.07. The zero-order chi connectivity index (χ0) is 37.2. The lowest BCUT2D eigenvalue weighted by Crippen LogP contribution is -2.03. The van der Waals surface area contributed by atoms with Gasteiger partial charge < -0.3 is 19.7 Å². The number of alkyl halides is 1. The minimum atomic E-state index is -0.752. The molecule has 6 nitrogen and oxygen atoms in total. The van der Waals surface area contributed by atoms with Crippen LogP contribution in [0.4, 0.5) is 13.2 Å². The minimum absolute atomic E-state index is 0.0185. The number of carbonyl (C=O) groups is 2. The zero-order valence-corrected chi connectivity index (χ0v) is 28.7. The van der Waals surface area contributed by atoms with Gasteiger partial charge in [-0.15, -0.1) is 48.6 Å². The number of phenolic OH excluding ortho intramolecular Hbond substituents is 1. The summed E-state index contributed by atoms with van der Waals surface area (Å²) in [6.07, 6.45) is 18.8. The first-order valence-corrected chi connectivity index (χ1v) is 15.8. The van der Waals surface area contributed by atoms with Gasteiger partial charge in [0.15, 0.2) is 11.6 Å². The molecule has 2 N–H and O–H groups in total. The highest BCUT2D eigenvalue weighted by Crippen LogP contribution is 2.26. The normalized spacial score (nSPS) is 10.1. The van der Waals surface area contributed by atoms with Crippen LogP contribution in [0.15, 0.2) is 54.6 Å². The molecule has 0 aromatic heterocycles. The summed E-state index contributed by atoms with van der Waals surface area (Å²) in [5.74, 6) is 7.00. The van der Waals surface area contributed by atoms with Crippen molar-refractivity contribution in [1.82, 2.24) is 0 Å². The lowest BCUT2D eigenvalue weighted by Gasteiger charge is -2.13. The Morgan fingerprint density at radius 2 is 1.16 bits per heavy atom. The molecular formula is C39H42ClF3O6. The Kier molecular flexibility index (Phi) is 23.5. The molecule has 0 aliphatic heterocycles. The summed E-state index contributed by atoms with van der Waals surface area (Å²) in [7, 11) is 0. The highest BCUT2D eigenvalue weighted by atomic mass is 35.5. The number of ether oxygens (including phenoxy) is 2. The molecular weight excluding hydrogens is 657 g/mol. The van der Waals surface area contributed by atoms with E-state index in [1.807, 2.05) is 0 Å². The van der Waals surface area contributed by atoms with E-state index in [1.54, 1.807) is 6.92 Å². The van der Waals surface area contributed by atoms with Crippen LogP contribution in [0.2, 0.25) is 0 Å². The fourth-order valence-electron chi connectivity index (χ4n) is 3.55. The third-order valence-electron chi connectivity index (χ3n) is 5.98. The summed E-state index contributed by atoms with van der Waals surface area (Å²) in [5.41, 5.74) is 0.742. The van der Waals surface area contributed by atoms with E-state index in [0.29, 0.717) is 55.4 Å². The van der Waals surface area contributed by atoms with Gasteiger partial charge in [-0.2, -0.15) is 0 Å². The average molecular weight is 699 g/mol. The smallest absolute Gasteiger partial charge is 0.163 e. The van der Waals surface area contributed by atoms with Gasteiger partial charge in [-0.05, 0) is 94.6 Å². The number of terminal acetylenes is 3. The van der Waals surface area contributed by atoms with Crippen molar-refractivity contribution in [3.8, 4) is 54.3 Å². The van der Waals surface area contributed by atoms with Gasteiger partial charge in [0.1, 0.15) is 34.7 Å². The molecule has 0 saturated heterocycles. The van der Waals surface area contributed by atoms with Gasteiger partial charge in [0.25, 0.3) is 0 Å². The van der Waals surface area contributed by atoms with E-state index >= 15 is 0 Å². The summed E-state index contributed by atoms with van der Waals surface area (Å²) in [6.45, 7) is 5.12. The molecule has 262 valence electrons. The molecule has 0 aliphatic carbocycles. The molecule has 3 aromatic carbocycles. The Labute approximate surface area is 292 Å². The van der Waals surface area contributed by atoms with Crippen molar-refractivity contribution in [2.24, 2.45) is 0 Å². The molecule has 0 aliphatic rings. The first kappa shape index (κ1) is 44.1. The summed E-state index contributed by atoms with van der Waals surface area (Å²) in [5, 5.41) is 18.5. The molecule has 0 saturated carbocycles. The highest BCUT2D eigenvalue weighted by Gasteiger charge is 2.11. The van der Waals surface area contributed by atoms with Gasteiger partial charge in [-0.25, -0.2) is 13.2 Å². The predicted octanol–water partition coefficient (Wildman–Crippen LogP) is 8.86. The lowest BCUT2D eigenvalue weighted by molar-refractivity contribution is 0.100. The third kappa shape index (κ3) is 19.5. The topological polar surface area (TPSA) is 93.1 Å². The molecule has 0 fully saturated rings. The maximum absolute atomic E-state index is 13.0. The zero-order valence-electron chi connectivity index (χ0n) is 27.9. The van der Waals surface area contributed by atoms with E-state index < -0.39 is 17.7 Å². The second-order valence-corrected chi connectivity index (χ2v) is 10.5. The van der Waals surface area contributed by atoms with Crippen LogP contribution in [0.5, 0.6) is 17.2 Å². The van der Waals surface area contributed by atoms with Gasteiger partial charge in [0.2, 0.25) is 0 Å². The van der Waals surface area contributed by atoms with Crippen LogP contribution in [0.3, 0.4) is 0 Å². The van der Waals surface area contributed by atoms with Crippen LogP contribution < -0.4 is 9.47 Å². The van der Waals surface area contributed by atoms with Crippen LogP contribution in [0, 0.1) is 54.5 Å². The largest absolute Gasteiger partial charge is 0.507 e. The van der Waals surface area contributed by atoms with Crippen LogP contribution in [0.1, 0.15) is 91.7 Å². The van der Waals surface area contributed by atoms with E-state index in [9.17, 15) is 27.9 Å². The molecule has 0 heterocycles. The standard InChI is InChI=1S/C13H15FO2.C13H13FO2.C8H7FO2.C5H7Cl/c2*1-3-4-5-8-16-13-7-6-11(14)9-12(13)10(2)15;1-5(10)7-4-6(9)2-3-8(7)11;1-2-3-4-5-6/h1,6-7,9-10,15H,4-5,8H2,2H3;1,6-7,9H,4-5,8H2,2H3;2-4,11H,1H3;1H,3-5H2. The van der Waals surface area contributed by atoms with Crippen molar-refractivity contribution >= 4 is 23.2 Å². The minimum Gasteiger partial charge on any atom is -0.507 e. The molecule has 49 heavy (non-hydrogen) atoms. The quantitative estimate of drug-likeness (QED) is 0.0802. The van der Waals surface area contributed by atoms with Gasteiger partial charge >= 0.3 is 0 Å². The molecule has 1 unspecified atom stereocenters. The number of carbonyl (C=O) groups excluding carboxylic acids is 2. The number of aliphatic hydroxyl groups is 1. The van der Waals surface area contributed by atoms with E-state index in [-0.39, 0.29) is 34.3 Å². The van der Waals surface area contributed by atoms with Crippen LogP contribution >= 0.6 is 11.6 Å². The molecule has 0 amide bonds. The number of hydrogen-bond acceptors (Lipinski definition) is 6. The van der Waals surface area contributed by atoms with E-state index in [0.717, 1.165) is 37.5 Å². The maximum Gasteiger partial charge on any atom is 0.163 e. The SMILES string of the molecule is C#CCCCCl.C#CCCCOc1ccc(F)cc1C(C)=O.C#CCCCOc1ccc(F)cc1C(C)O.CC(=O)c1cc(F)ccc1O. The number of halogens is 4. The molecule has 0 radical (unpaired) electrons. The lowest BCUT2D eigenvalue weighted by atomic mass is 10.1. The molecule has 3 rings (SSSR count). The molecule has 10 heteroatoms. The highest BCUT2D eigenvalue weighted by molar-refractivity contribution is 6.17. The maximum atomic E-state index is 13.0. The Morgan fingerprint density at radius 3 is 1.59 bits per heavy atom. The summed E-state index contributed by atoms with van der Waals surface area (Å²) >= 11 is 5.28. The number of aliphatic hydroxyl groups excluding tert-OH is 1. The van der Waals surface area contributed by atoms with E-state index in [2.05, 4.69) is 17.8 Å². The molecule has 0 spiro atoms. The van der Waals surface area contributed by atoms with Gasteiger partial charge in [-0.1, -0.05) is 0 Å². The van der Waals surface area contributed by atoms with Crippen molar-refractivity contribution in [2.45, 2.75) is 65.4 Å². The first-order valence-electron chi connectivity index (χ1n) is 15.2. The number of phenols is 1. The second-order valence-electron chi connectivity index (χ2n) is 10.1. The van der Waals surface area contributed by atoms with Gasteiger partial charge in [0, 0.05) is 30.7 Å². The summed E-state index contributed by atoms with van der Waals surface area (Å²) in [4.78, 5) is 21.9. The number of Topliss-reactive ketones (excluding diaryl/α,β-unsaturated/α-hetero) is 2. The predicted molar refractivity (Wildman–Crippen MR) is 187 cm³/mol. The molecule has 1 atom stereocenters. The number of hydrogen-bond donors (Lipinski definition) is 2. The van der Waals surface area contributed by atoms with Crippen molar-refractivity contribution in [1.29, 1.82) is 0 Å². The van der Waals surface area contributed by atoms with Gasteiger partial charge in [0.05, 0.1) is 30.4 Å². The summed E-state index contributed by atoms with van der Waals surface area (Å²) < 4.78 is 49.1. The summed E-state index contributed by atoms with van der Waals surface area (Å²) in [6, 6.07) is 11.3. The number of benzene rings is 3. The number of ketones is 2. The van der Waals surface area contributed by atoms with Crippen molar-refractivity contribution < 1.29 is 42.4 Å². The van der Waals surface area contributed by atoms with Crippen LogP contribution in [-0.2, 0) is 0 Å². The third-order valence-corrected chi connectivity index (χ3v) is 6.25. The monoisotopic (exact) mass is 698 g/mol.